The van der Waals surface area contributed by atoms with Crippen molar-refractivity contribution >= 4 is 17.5 Å². The maximum atomic E-state index is 12.8. The highest BCUT2D eigenvalue weighted by molar-refractivity contribution is 5.84. The molecule has 2 amide bonds. The fraction of sp³-hybridized carbons (Fsp3) is 0.409. The number of aromatic nitrogens is 1. The van der Waals surface area contributed by atoms with Gasteiger partial charge in [-0.05, 0) is 43.2 Å². The minimum absolute atomic E-state index is 0.00764. The lowest BCUT2D eigenvalue weighted by molar-refractivity contribution is -0.140. The second-order valence-corrected chi connectivity index (χ2v) is 7.28. The van der Waals surface area contributed by atoms with Gasteiger partial charge in [0.2, 0.25) is 11.8 Å². The van der Waals surface area contributed by atoms with E-state index in [1.165, 1.54) is 23.7 Å². The van der Waals surface area contributed by atoms with Gasteiger partial charge in [0.1, 0.15) is 6.54 Å². The molecule has 0 saturated carbocycles. The maximum Gasteiger partial charge on any atom is 0.242 e. The maximum absolute atomic E-state index is 12.8. The van der Waals surface area contributed by atoms with E-state index < -0.39 is 0 Å². The van der Waals surface area contributed by atoms with Gasteiger partial charge in [-0.2, -0.15) is 0 Å². The summed E-state index contributed by atoms with van der Waals surface area (Å²) in [6.45, 7) is 9.14. The van der Waals surface area contributed by atoms with Crippen molar-refractivity contribution < 1.29 is 9.59 Å². The van der Waals surface area contributed by atoms with Gasteiger partial charge in [-0.3, -0.25) is 14.6 Å². The fourth-order valence-corrected chi connectivity index (χ4v) is 3.50. The molecule has 28 heavy (non-hydrogen) atoms. The molecule has 0 bridgehead atoms. The highest BCUT2D eigenvalue weighted by Gasteiger charge is 2.24. The lowest BCUT2D eigenvalue weighted by Gasteiger charge is -2.37. The van der Waals surface area contributed by atoms with Crippen LogP contribution >= 0.6 is 0 Å². The SMILES string of the molecule is CC(=O)N(CC(=O)N1CCN(c2cccc(C)c2C)CC1)Cc1ccccn1. The number of pyridine rings is 1. The monoisotopic (exact) mass is 380 g/mol. The summed E-state index contributed by atoms with van der Waals surface area (Å²) < 4.78 is 0. The van der Waals surface area contributed by atoms with Gasteiger partial charge in [0.25, 0.3) is 0 Å². The van der Waals surface area contributed by atoms with Gasteiger partial charge in [0, 0.05) is 45.0 Å². The average Bonchev–Trinajstić information content (AvgIpc) is 2.70. The number of piperazine rings is 1. The van der Waals surface area contributed by atoms with Gasteiger partial charge < -0.3 is 14.7 Å². The molecule has 0 radical (unpaired) electrons. The van der Waals surface area contributed by atoms with E-state index in [4.69, 9.17) is 0 Å². The molecule has 0 N–H and O–H groups in total. The average molecular weight is 380 g/mol. The molecule has 0 atom stereocenters. The molecule has 0 unspecified atom stereocenters. The van der Waals surface area contributed by atoms with E-state index >= 15 is 0 Å². The third kappa shape index (κ3) is 4.68. The van der Waals surface area contributed by atoms with Crippen molar-refractivity contribution in [2.75, 3.05) is 37.6 Å². The highest BCUT2D eigenvalue weighted by atomic mass is 16.2. The third-order valence-corrected chi connectivity index (χ3v) is 5.40. The van der Waals surface area contributed by atoms with Crippen LogP contribution in [-0.4, -0.2) is 59.3 Å². The van der Waals surface area contributed by atoms with E-state index in [1.54, 1.807) is 11.1 Å². The summed E-state index contributed by atoms with van der Waals surface area (Å²) >= 11 is 0. The molecule has 1 aromatic carbocycles. The van der Waals surface area contributed by atoms with Crippen LogP contribution in [0.15, 0.2) is 42.6 Å². The number of carbonyl (C=O) groups excluding carboxylic acids is 2. The molecule has 6 heteroatoms. The van der Waals surface area contributed by atoms with Crippen molar-refractivity contribution in [3.05, 3.63) is 59.4 Å². The first-order valence-electron chi connectivity index (χ1n) is 9.70. The summed E-state index contributed by atoms with van der Waals surface area (Å²) in [4.78, 5) is 34.8. The number of hydrogen-bond acceptors (Lipinski definition) is 4. The molecule has 0 spiro atoms. The summed E-state index contributed by atoms with van der Waals surface area (Å²) in [5, 5.41) is 0. The number of carbonyl (C=O) groups is 2. The van der Waals surface area contributed by atoms with E-state index in [2.05, 4.69) is 41.9 Å². The predicted molar refractivity (Wildman–Crippen MR) is 110 cm³/mol. The number of aryl methyl sites for hydroxylation is 1. The van der Waals surface area contributed by atoms with Crippen molar-refractivity contribution in [1.82, 2.24) is 14.8 Å². The quantitative estimate of drug-likeness (QED) is 0.799. The van der Waals surface area contributed by atoms with Gasteiger partial charge in [-0.15, -0.1) is 0 Å². The summed E-state index contributed by atoms with van der Waals surface area (Å²) in [5.41, 5.74) is 4.60. The fourth-order valence-electron chi connectivity index (χ4n) is 3.50. The first-order valence-corrected chi connectivity index (χ1v) is 9.70. The largest absolute Gasteiger partial charge is 0.368 e. The van der Waals surface area contributed by atoms with Crippen LogP contribution in [0, 0.1) is 13.8 Å². The molecule has 6 nitrogen and oxygen atoms in total. The van der Waals surface area contributed by atoms with Gasteiger partial charge in [-0.1, -0.05) is 18.2 Å². The summed E-state index contributed by atoms with van der Waals surface area (Å²) in [5.74, 6) is -0.125. The number of nitrogens with zero attached hydrogens (tertiary/aromatic N) is 4. The lowest BCUT2D eigenvalue weighted by atomic mass is 10.1. The van der Waals surface area contributed by atoms with Gasteiger partial charge in [0.05, 0.1) is 12.2 Å². The van der Waals surface area contributed by atoms with Crippen LogP contribution in [0.1, 0.15) is 23.7 Å². The van der Waals surface area contributed by atoms with E-state index in [0.717, 1.165) is 18.8 Å². The molecule has 1 fully saturated rings. The molecule has 2 heterocycles. The van der Waals surface area contributed by atoms with Crippen LogP contribution in [0.5, 0.6) is 0 Å². The summed E-state index contributed by atoms with van der Waals surface area (Å²) in [6, 6.07) is 11.9. The molecule has 1 aromatic heterocycles. The van der Waals surface area contributed by atoms with Crippen LogP contribution in [0.25, 0.3) is 0 Å². The zero-order valence-corrected chi connectivity index (χ0v) is 16.9. The minimum Gasteiger partial charge on any atom is -0.368 e. The Bertz CT molecular complexity index is 830. The zero-order valence-electron chi connectivity index (χ0n) is 16.9. The molecule has 0 aliphatic carbocycles. The Morgan fingerprint density at radius 1 is 1.04 bits per heavy atom. The van der Waals surface area contributed by atoms with Crippen molar-refractivity contribution in [2.24, 2.45) is 0 Å². The Morgan fingerprint density at radius 3 is 2.43 bits per heavy atom. The van der Waals surface area contributed by atoms with E-state index in [1.807, 2.05) is 23.1 Å². The van der Waals surface area contributed by atoms with Gasteiger partial charge in [-0.25, -0.2) is 0 Å². The smallest absolute Gasteiger partial charge is 0.242 e. The second-order valence-electron chi connectivity index (χ2n) is 7.28. The Hall–Kier alpha value is -2.89. The second kappa shape index (κ2) is 8.87. The van der Waals surface area contributed by atoms with Gasteiger partial charge >= 0.3 is 0 Å². The van der Waals surface area contributed by atoms with Crippen LogP contribution in [-0.2, 0) is 16.1 Å². The molecule has 3 rings (SSSR count). The van der Waals surface area contributed by atoms with Crippen molar-refractivity contribution in [2.45, 2.75) is 27.3 Å². The number of rotatable bonds is 5. The Morgan fingerprint density at radius 2 is 1.79 bits per heavy atom. The van der Waals surface area contributed by atoms with Crippen molar-refractivity contribution in [3.8, 4) is 0 Å². The standard InChI is InChI=1S/C22H28N4O2/c1-17-7-6-9-21(18(17)2)24-11-13-25(14-12-24)22(28)16-26(19(3)27)15-20-8-4-5-10-23-20/h4-10H,11-16H2,1-3H3. The normalized spacial score (nSPS) is 14.1. The Balaban J connectivity index is 1.58. The zero-order chi connectivity index (χ0) is 20.1. The number of amides is 2. The first-order chi connectivity index (χ1) is 13.5. The topological polar surface area (TPSA) is 56.8 Å². The number of hydrogen-bond donors (Lipinski definition) is 0. The Labute approximate surface area is 166 Å². The third-order valence-electron chi connectivity index (χ3n) is 5.40. The van der Waals surface area contributed by atoms with E-state index in [-0.39, 0.29) is 18.4 Å². The molecular weight excluding hydrogens is 352 g/mol. The first kappa shape index (κ1) is 19.9. The van der Waals surface area contributed by atoms with E-state index in [9.17, 15) is 9.59 Å². The van der Waals surface area contributed by atoms with Crippen LogP contribution in [0.4, 0.5) is 5.69 Å². The Kier molecular flexibility index (Phi) is 6.29. The lowest BCUT2D eigenvalue weighted by Crippen LogP contribution is -2.51. The molecule has 1 aliphatic heterocycles. The molecule has 1 saturated heterocycles. The van der Waals surface area contributed by atoms with E-state index in [0.29, 0.717) is 19.6 Å². The highest BCUT2D eigenvalue weighted by Crippen LogP contribution is 2.23. The predicted octanol–water partition coefficient (Wildman–Crippen LogP) is 2.40. The van der Waals surface area contributed by atoms with Crippen LogP contribution < -0.4 is 4.90 Å². The van der Waals surface area contributed by atoms with Gasteiger partial charge in [0.15, 0.2) is 0 Å². The minimum atomic E-state index is -0.118. The molecule has 148 valence electrons. The number of benzene rings is 1. The molecule has 2 aromatic rings. The number of anilines is 1. The van der Waals surface area contributed by atoms with Crippen molar-refractivity contribution in [1.29, 1.82) is 0 Å². The van der Waals surface area contributed by atoms with Crippen LogP contribution in [0.2, 0.25) is 0 Å². The van der Waals surface area contributed by atoms with Crippen molar-refractivity contribution in [3.63, 3.8) is 0 Å². The molecular formula is C22H28N4O2. The summed E-state index contributed by atoms with van der Waals surface area (Å²) in [7, 11) is 0. The summed E-state index contributed by atoms with van der Waals surface area (Å²) in [6.07, 6.45) is 1.70. The van der Waals surface area contributed by atoms with Crippen LogP contribution in [0.3, 0.4) is 0 Å². The molecule has 1 aliphatic rings.